The molecule has 1 aliphatic rings. The maximum atomic E-state index is 6.17. The Balaban J connectivity index is 2.14. The summed E-state index contributed by atoms with van der Waals surface area (Å²) in [7, 11) is 0. The number of nitrogens with zero attached hydrogens (tertiary/aromatic N) is 3. The lowest BCUT2D eigenvalue weighted by molar-refractivity contribution is 0.232. The number of aromatic nitrogens is 2. The fourth-order valence-electron chi connectivity index (χ4n) is 2.55. The molecule has 1 fully saturated rings. The van der Waals surface area contributed by atoms with Gasteiger partial charge in [-0.1, -0.05) is 20.3 Å². The molecule has 1 aliphatic heterocycles. The summed E-state index contributed by atoms with van der Waals surface area (Å²) in [6, 6.07) is 0. The molecule has 0 aliphatic carbocycles. The number of nitrogens with two attached hydrogens (primary N) is 1. The van der Waals surface area contributed by atoms with E-state index in [1.54, 1.807) is 0 Å². The van der Waals surface area contributed by atoms with Crippen molar-refractivity contribution >= 4 is 11.5 Å². The maximum absolute atomic E-state index is 6.17. The zero-order valence-corrected chi connectivity index (χ0v) is 13.0. The van der Waals surface area contributed by atoms with Crippen molar-refractivity contribution in [3.63, 3.8) is 0 Å². The molecule has 0 aromatic carbocycles. The highest BCUT2D eigenvalue weighted by Gasteiger charge is 2.30. The van der Waals surface area contributed by atoms with Crippen molar-refractivity contribution < 1.29 is 4.74 Å². The predicted molar refractivity (Wildman–Crippen MR) is 82.1 cm³/mol. The molecule has 1 saturated heterocycles. The molecule has 2 N–H and O–H groups in total. The van der Waals surface area contributed by atoms with E-state index in [0.29, 0.717) is 17.0 Å². The van der Waals surface area contributed by atoms with Crippen molar-refractivity contribution in [2.75, 3.05) is 23.7 Å². The van der Waals surface area contributed by atoms with E-state index in [0.717, 1.165) is 18.9 Å². The Hall–Kier alpha value is -1.52. The number of hydrogen-bond donors (Lipinski definition) is 1. The standard InChI is InChI=1S/C15H26N4O/c1-5-15(4)6-8-19(9-7-15)13-12(16)14(18-10-17-13)20-11(2)3/h10-11H,5-9,16H2,1-4H3. The van der Waals surface area contributed by atoms with Gasteiger partial charge in [0, 0.05) is 13.1 Å². The van der Waals surface area contributed by atoms with Gasteiger partial charge in [-0.25, -0.2) is 4.98 Å². The maximum Gasteiger partial charge on any atom is 0.242 e. The summed E-state index contributed by atoms with van der Waals surface area (Å²) < 4.78 is 5.64. The Morgan fingerprint density at radius 1 is 1.35 bits per heavy atom. The van der Waals surface area contributed by atoms with Gasteiger partial charge in [0.15, 0.2) is 5.82 Å². The molecule has 0 bridgehead atoms. The monoisotopic (exact) mass is 278 g/mol. The predicted octanol–water partition coefficient (Wildman–Crippen LogP) is 2.86. The number of ether oxygens (including phenoxy) is 1. The second kappa shape index (κ2) is 5.85. The van der Waals surface area contributed by atoms with Crippen LogP contribution in [0, 0.1) is 5.41 Å². The molecule has 0 spiro atoms. The molecule has 1 aromatic heterocycles. The van der Waals surface area contributed by atoms with Gasteiger partial charge < -0.3 is 15.4 Å². The largest absolute Gasteiger partial charge is 0.473 e. The summed E-state index contributed by atoms with van der Waals surface area (Å²) in [5.41, 5.74) is 7.18. The first-order valence-corrected chi connectivity index (χ1v) is 7.47. The van der Waals surface area contributed by atoms with Gasteiger partial charge in [-0.2, -0.15) is 4.98 Å². The first-order valence-electron chi connectivity index (χ1n) is 7.47. The van der Waals surface area contributed by atoms with Gasteiger partial charge in [-0.15, -0.1) is 0 Å². The van der Waals surface area contributed by atoms with Crippen LogP contribution in [0.1, 0.15) is 47.0 Å². The smallest absolute Gasteiger partial charge is 0.242 e. The zero-order valence-electron chi connectivity index (χ0n) is 13.0. The minimum absolute atomic E-state index is 0.0600. The third-order valence-electron chi connectivity index (χ3n) is 4.30. The van der Waals surface area contributed by atoms with Crippen molar-refractivity contribution in [3.05, 3.63) is 6.33 Å². The Kier molecular flexibility index (Phi) is 4.35. The van der Waals surface area contributed by atoms with E-state index in [2.05, 4.69) is 28.7 Å². The molecule has 0 saturated carbocycles. The summed E-state index contributed by atoms with van der Waals surface area (Å²) in [6.45, 7) is 10.5. The van der Waals surface area contributed by atoms with E-state index in [9.17, 15) is 0 Å². The van der Waals surface area contributed by atoms with E-state index in [-0.39, 0.29) is 6.10 Å². The van der Waals surface area contributed by atoms with Gasteiger partial charge in [-0.05, 0) is 32.1 Å². The molecule has 2 heterocycles. The lowest BCUT2D eigenvalue weighted by Gasteiger charge is -2.39. The molecular formula is C15H26N4O. The number of anilines is 2. The number of piperidine rings is 1. The van der Waals surface area contributed by atoms with Gasteiger partial charge >= 0.3 is 0 Å². The van der Waals surface area contributed by atoms with Crippen LogP contribution in [0.25, 0.3) is 0 Å². The van der Waals surface area contributed by atoms with E-state index in [1.807, 2.05) is 13.8 Å². The Bertz CT molecular complexity index is 453. The molecule has 20 heavy (non-hydrogen) atoms. The number of hydrogen-bond acceptors (Lipinski definition) is 5. The van der Waals surface area contributed by atoms with Gasteiger partial charge in [0.05, 0.1) is 6.10 Å². The Morgan fingerprint density at radius 2 is 2.00 bits per heavy atom. The van der Waals surface area contributed by atoms with Crippen LogP contribution in [0.15, 0.2) is 6.33 Å². The Labute approximate surface area is 121 Å². The van der Waals surface area contributed by atoms with Crippen LogP contribution in [0.5, 0.6) is 5.88 Å². The SMILES string of the molecule is CCC1(C)CCN(c2ncnc(OC(C)C)c2N)CC1. The zero-order chi connectivity index (χ0) is 14.8. The summed E-state index contributed by atoms with van der Waals surface area (Å²) in [5.74, 6) is 1.31. The molecule has 0 radical (unpaired) electrons. The quantitative estimate of drug-likeness (QED) is 0.917. The molecule has 112 valence electrons. The van der Waals surface area contributed by atoms with Crippen LogP contribution in [-0.2, 0) is 0 Å². The molecule has 0 atom stereocenters. The third kappa shape index (κ3) is 3.14. The summed E-state index contributed by atoms with van der Waals surface area (Å²) in [5, 5.41) is 0. The highest BCUT2D eigenvalue weighted by atomic mass is 16.5. The second-order valence-corrected chi connectivity index (χ2v) is 6.23. The van der Waals surface area contributed by atoms with E-state index in [4.69, 9.17) is 10.5 Å². The van der Waals surface area contributed by atoms with E-state index in [1.165, 1.54) is 25.6 Å². The third-order valence-corrected chi connectivity index (χ3v) is 4.30. The molecule has 1 aromatic rings. The summed E-state index contributed by atoms with van der Waals surface area (Å²) in [6.07, 6.45) is 5.17. The Morgan fingerprint density at radius 3 is 2.55 bits per heavy atom. The van der Waals surface area contributed by atoms with Crippen molar-refractivity contribution in [1.82, 2.24) is 9.97 Å². The van der Waals surface area contributed by atoms with Crippen molar-refractivity contribution in [2.24, 2.45) is 5.41 Å². The lowest BCUT2D eigenvalue weighted by Crippen LogP contribution is -2.39. The fourth-order valence-corrected chi connectivity index (χ4v) is 2.55. The highest BCUT2D eigenvalue weighted by Crippen LogP contribution is 2.37. The van der Waals surface area contributed by atoms with Crippen molar-refractivity contribution in [2.45, 2.75) is 53.1 Å². The first-order chi connectivity index (χ1) is 9.45. The van der Waals surface area contributed by atoms with Crippen LogP contribution in [0.4, 0.5) is 11.5 Å². The van der Waals surface area contributed by atoms with Crippen LogP contribution < -0.4 is 15.4 Å². The van der Waals surface area contributed by atoms with Crippen molar-refractivity contribution in [3.8, 4) is 5.88 Å². The van der Waals surface area contributed by atoms with E-state index < -0.39 is 0 Å². The summed E-state index contributed by atoms with van der Waals surface area (Å²) >= 11 is 0. The molecular weight excluding hydrogens is 252 g/mol. The summed E-state index contributed by atoms with van der Waals surface area (Å²) in [4.78, 5) is 10.7. The van der Waals surface area contributed by atoms with Gasteiger partial charge in [0.1, 0.15) is 12.0 Å². The van der Waals surface area contributed by atoms with Crippen LogP contribution in [0.3, 0.4) is 0 Å². The van der Waals surface area contributed by atoms with E-state index >= 15 is 0 Å². The van der Waals surface area contributed by atoms with Crippen LogP contribution >= 0.6 is 0 Å². The van der Waals surface area contributed by atoms with Crippen LogP contribution in [-0.4, -0.2) is 29.2 Å². The van der Waals surface area contributed by atoms with Gasteiger partial charge in [0.25, 0.3) is 0 Å². The minimum Gasteiger partial charge on any atom is -0.473 e. The molecule has 5 heteroatoms. The second-order valence-electron chi connectivity index (χ2n) is 6.23. The average Bonchev–Trinajstić information content (AvgIpc) is 2.42. The first kappa shape index (κ1) is 14.9. The van der Waals surface area contributed by atoms with Crippen LogP contribution in [0.2, 0.25) is 0 Å². The molecule has 2 rings (SSSR count). The van der Waals surface area contributed by atoms with Gasteiger partial charge in [-0.3, -0.25) is 0 Å². The molecule has 0 amide bonds. The fraction of sp³-hybridized carbons (Fsp3) is 0.733. The lowest BCUT2D eigenvalue weighted by atomic mass is 9.78. The number of rotatable bonds is 4. The van der Waals surface area contributed by atoms with Crippen molar-refractivity contribution in [1.29, 1.82) is 0 Å². The molecule has 5 nitrogen and oxygen atoms in total. The molecule has 0 unspecified atom stereocenters. The average molecular weight is 278 g/mol. The number of nitrogen functional groups attached to an aromatic ring is 1. The van der Waals surface area contributed by atoms with Gasteiger partial charge in [0.2, 0.25) is 5.88 Å². The normalized spacial score (nSPS) is 18.4. The minimum atomic E-state index is 0.0600. The highest BCUT2D eigenvalue weighted by molar-refractivity contribution is 5.67. The topological polar surface area (TPSA) is 64.3 Å².